The maximum Gasteiger partial charge on any atom is 0.225 e. The average Bonchev–Trinajstić information content (AvgIpc) is 3.05. The second-order valence-corrected chi connectivity index (χ2v) is 8.77. The molecule has 0 aromatic carbocycles. The molecule has 1 aliphatic heterocycles. The lowest BCUT2D eigenvalue weighted by Crippen LogP contribution is -2.47. The van der Waals surface area contributed by atoms with Crippen LogP contribution < -0.4 is 10.6 Å². The highest BCUT2D eigenvalue weighted by Gasteiger charge is 2.30. The van der Waals surface area contributed by atoms with E-state index in [4.69, 9.17) is 0 Å². The first kappa shape index (κ1) is 21.0. The fourth-order valence-electron chi connectivity index (χ4n) is 3.78. The van der Waals surface area contributed by atoms with Crippen LogP contribution in [0.3, 0.4) is 0 Å². The van der Waals surface area contributed by atoms with E-state index in [9.17, 15) is 4.79 Å². The van der Waals surface area contributed by atoms with Gasteiger partial charge in [-0.2, -0.15) is 11.8 Å². The van der Waals surface area contributed by atoms with E-state index in [1.807, 2.05) is 30.3 Å². The molecule has 1 saturated carbocycles. The molecule has 2 N–H and O–H groups in total. The summed E-state index contributed by atoms with van der Waals surface area (Å²) in [4.78, 5) is 19.5. The molecule has 8 nitrogen and oxygen atoms in total. The van der Waals surface area contributed by atoms with Crippen LogP contribution in [0.2, 0.25) is 0 Å². The first-order valence-electron chi connectivity index (χ1n) is 10.3. The summed E-state index contributed by atoms with van der Waals surface area (Å²) in [6, 6.07) is 0.361. The molecule has 9 heteroatoms. The molecule has 0 radical (unpaired) electrons. The summed E-state index contributed by atoms with van der Waals surface area (Å²) in [5, 5.41) is 15.1. The Morgan fingerprint density at radius 2 is 1.93 bits per heavy atom. The number of thioether (sulfide) groups is 1. The topological polar surface area (TPSA) is 87.4 Å². The molecule has 2 heterocycles. The van der Waals surface area contributed by atoms with Crippen LogP contribution in [0, 0.1) is 12.8 Å². The van der Waals surface area contributed by atoms with E-state index >= 15 is 0 Å². The summed E-state index contributed by atoms with van der Waals surface area (Å²) in [5.41, 5.74) is 0. The van der Waals surface area contributed by atoms with Crippen LogP contribution in [0.15, 0.2) is 4.99 Å². The first-order chi connectivity index (χ1) is 13.6. The standard InChI is InChI=1S/C19H33N7OS/c1-4-20-19(21-13-17-24-23-14(2)25(17)3)22-16-7-5-15(6-8-16)18(27)26-9-11-28-12-10-26/h15-16H,4-13H2,1-3H3,(H2,20,21,22). The lowest BCUT2D eigenvalue weighted by molar-refractivity contribution is -0.136. The van der Waals surface area contributed by atoms with Crippen molar-refractivity contribution in [3.8, 4) is 0 Å². The van der Waals surface area contributed by atoms with Crippen molar-refractivity contribution in [3.05, 3.63) is 11.6 Å². The molecule has 0 spiro atoms. The second kappa shape index (κ2) is 10.1. The highest BCUT2D eigenvalue weighted by molar-refractivity contribution is 7.99. The van der Waals surface area contributed by atoms with Gasteiger partial charge in [0.1, 0.15) is 12.4 Å². The van der Waals surface area contributed by atoms with Crippen LogP contribution >= 0.6 is 11.8 Å². The number of nitrogens with zero attached hydrogens (tertiary/aromatic N) is 5. The van der Waals surface area contributed by atoms with Crippen molar-refractivity contribution in [3.63, 3.8) is 0 Å². The minimum atomic E-state index is 0.197. The molecule has 0 atom stereocenters. The molecule has 0 bridgehead atoms. The predicted octanol–water partition coefficient (Wildman–Crippen LogP) is 1.31. The highest BCUT2D eigenvalue weighted by atomic mass is 32.2. The third kappa shape index (κ3) is 5.40. The molecule has 1 aliphatic carbocycles. The van der Waals surface area contributed by atoms with Crippen molar-refractivity contribution in [2.24, 2.45) is 18.0 Å². The molecule has 2 fully saturated rings. The van der Waals surface area contributed by atoms with Crippen molar-refractivity contribution in [2.75, 3.05) is 31.1 Å². The highest BCUT2D eigenvalue weighted by Crippen LogP contribution is 2.27. The number of amides is 1. The smallest absolute Gasteiger partial charge is 0.225 e. The number of rotatable bonds is 5. The van der Waals surface area contributed by atoms with Gasteiger partial charge in [-0.1, -0.05) is 0 Å². The summed E-state index contributed by atoms with van der Waals surface area (Å²) in [6.07, 6.45) is 3.93. The number of aromatic nitrogens is 3. The summed E-state index contributed by atoms with van der Waals surface area (Å²) in [7, 11) is 1.96. The zero-order chi connectivity index (χ0) is 19.9. The van der Waals surface area contributed by atoms with E-state index in [-0.39, 0.29) is 5.92 Å². The quantitative estimate of drug-likeness (QED) is 0.565. The van der Waals surface area contributed by atoms with E-state index in [0.717, 1.165) is 74.4 Å². The van der Waals surface area contributed by atoms with Crippen LogP contribution in [0.1, 0.15) is 44.3 Å². The van der Waals surface area contributed by atoms with Gasteiger partial charge in [0.15, 0.2) is 11.8 Å². The van der Waals surface area contributed by atoms with Gasteiger partial charge in [-0.05, 0) is 39.5 Å². The molecular weight excluding hydrogens is 374 g/mol. The van der Waals surface area contributed by atoms with Crippen molar-refractivity contribution in [1.82, 2.24) is 30.3 Å². The molecule has 156 valence electrons. The SMILES string of the molecule is CCNC(=NCc1nnc(C)n1C)NC1CCC(C(=O)N2CCSCC2)CC1. The number of aryl methyl sites for hydroxylation is 1. The predicted molar refractivity (Wildman–Crippen MR) is 113 cm³/mol. The molecule has 28 heavy (non-hydrogen) atoms. The number of carbonyl (C=O) groups is 1. The van der Waals surface area contributed by atoms with Crippen molar-refractivity contribution < 1.29 is 4.79 Å². The maximum absolute atomic E-state index is 12.7. The van der Waals surface area contributed by atoms with Crippen LogP contribution in [-0.4, -0.2) is 68.7 Å². The summed E-state index contributed by atoms with van der Waals surface area (Å²) < 4.78 is 1.96. The van der Waals surface area contributed by atoms with Crippen LogP contribution in [0.5, 0.6) is 0 Å². The first-order valence-corrected chi connectivity index (χ1v) is 11.5. The lowest BCUT2D eigenvalue weighted by Gasteiger charge is -2.34. The number of guanidine groups is 1. The Kier molecular flexibility index (Phi) is 7.58. The third-order valence-electron chi connectivity index (χ3n) is 5.65. The third-order valence-corrected chi connectivity index (χ3v) is 6.59. The number of hydrogen-bond donors (Lipinski definition) is 2. The largest absolute Gasteiger partial charge is 0.357 e. The Labute approximate surface area is 171 Å². The second-order valence-electron chi connectivity index (χ2n) is 7.55. The minimum absolute atomic E-state index is 0.197. The van der Waals surface area contributed by atoms with Crippen LogP contribution in [-0.2, 0) is 18.4 Å². The van der Waals surface area contributed by atoms with Gasteiger partial charge in [-0.25, -0.2) is 4.99 Å². The molecule has 1 amide bonds. The number of hydrogen-bond acceptors (Lipinski definition) is 5. The van der Waals surface area contributed by atoms with E-state index in [0.29, 0.717) is 18.5 Å². The summed E-state index contributed by atoms with van der Waals surface area (Å²) >= 11 is 1.95. The monoisotopic (exact) mass is 407 g/mol. The van der Waals surface area contributed by atoms with E-state index in [1.54, 1.807) is 0 Å². The van der Waals surface area contributed by atoms with Gasteiger partial charge in [0, 0.05) is 50.1 Å². The molecular formula is C19H33N7OS. The zero-order valence-electron chi connectivity index (χ0n) is 17.3. The average molecular weight is 408 g/mol. The zero-order valence-corrected chi connectivity index (χ0v) is 18.1. The number of nitrogens with one attached hydrogen (secondary N) is 2. The van der Waals surface area contributed by atoms with Gasteiger partial charge in [0.05, 0.1) is 0 Å². The maximum atomic E-state index is 12.7. The molecule has 1 aromatic heterocycles. The van der Waals surface area contributed by atoms with Gasteiger partial charge in [0.2, 0.25) is 5.91 Å². The lowest BCUT2D eigenvalue weighted by atomic mass is 9.85. The molecule has 1 saturated heterocycles. The van der Waals surface area contributed by atoms with Crippen molar-refractivity contribution >= 4 is 23.6 Å². The van der Waals surface area contributed by atoms with Gasteiger partial charge in [0.25, 0.3) is 0 Å². The molecule has 2 aliphatic rings. The summed E-state index contributed by atoms with van der Waals surface area (Å²) in [6.45, 7) is 7.14. The Morgan fingerprint density at radius 3 is 2.54 bits per heavy atom. The Hall–Kier alpha value is -1.77. The molecule has 0 unspecified atom stereocenters. The van der Waals surface area contributed by atoms with Crippen molar-refractivity contribution in [1.29, 1.82) is 0 Å². The van der Waals surface area contributed by atoms with E-state index < -0.39 is 0 Å². The van der Waals surface area contributed by atoms with Crippen LogP contribution in [0.25, 0.3) is 0 Å². The molecule has 3 rings (SSSR count). The number of carbonyl (C=O) groups excluding carboxylic acids is 1. The Morgan fingerprint density at radius 1 is 1.21 bits per heavy atom. The Balaban J connectivity index is 1.50. The normalized spacial score (nSPS) is 23.5. The van der Waals surface area contributed by atoms with Gasteiger partial charge in [-0.3, -0.25) is 4.79 Å². The fourth-order valence-corrected chi connectivity index (χ4v) is 4.68. The van der Waals surface area contributed by atoms with Gasteiger partial charge >= 0.3 is 0 Å². The summed E-state index contributed by atoms with van der Waals surface area (Å²) in [5.74, 6) is 5.28. The Bertz CT molecular complexity index is 676. The van der Waals surface area contributed by atoms with E-state index in [2.05, 4.69) is 37.6 Å². The number of aliphatic imine (C=N–C) groups is 1. The van der Waals surface area contributed by atoms with Gasteiger partial charge < -0.3 is 20.1 Å². The van der Waals surface area contributed by atoms with Crippen molar-refractivity contribution in [2.45, 2.75) is 52.1 Å². The fraction of sp³-hybridized carbons (Fsp3) is 0.789. The van der Waals surface area contributed by atoms with Gasteiger partial charge in [-0.15, -0.1) is 10.2 Å². The minimum Gasteiger partial charge on any atom is -0.357 e. The van der Waals surface area contributed by atoms with Crippen LogP contribution in [0.4, 0.5) is 0 Å². The molecule has 1 aromatic rings. The van der Waals surface area contributed by atoms with E-state index in [1.165, 1.54) is 0 Å².